The highest BCUT2D eigenvalue weighted by Gasteiger charge is 2.47. The molecular weight excluding hydrogens is 510 g/mol. The van der Waals surface area contributed by atoms with Crippen molar-refractivity contribution in [3.63, 3.8) is 0 Å². The molecule has 4 rings (SSSR count). The van der Waals surface area contributed by atoms with Gasteiger partial charge in [0.25, 0.3) is 11.7 Å². The fraction of sp³-hybridized carbons (Fsp3) is 0.207. The molecular formula is C29H26ClNO7. The lowest BCUT2D eigenvalue weighted by Crippen LogP contribution is -2.29. The van der Waals surface area contributed by atoms with Crippen LogP contribution in [0.15, 0.2) is 72.3 Å². The molecule has 0 radical (unpaired) electrons. The normalized spacial score (nSPS) is 16.4. The molecule has 1 amide bonds. The number of hydrogen-bond donors (Lipinski definition) is 1. The standard InChI is InChI=1S/C29H26ClNO7/c1-4-37-23-16-18(12-13-22(23)30)26(32)24-25(17-8-7-11-21(15-17)36-3)31(28(34)27(24)33)20-10-6-9-19(14-20)29(35)38-5-2/h6-16,25,32H,4-5H2,1-3H3/b26-24+. The first-order chi connectivity index (χ1) is 18.3. The molecule has 1 heterocycles. The maximum Gasteiger partial charge on any atom is 0.338 e. The Labute approximate surface area is 225 Å². The van der Waals surface area contributed by atoms with Crippen LogP contribution in [0.3, 0.4) is 0 Å². The van der Waals surface area contributed by atoms with Gasteiger partial charge in [0.1, 0.15) is 17.3 Å². The van der Waals surface area contributed by atoms with Gasteiger partial charge in [-0.2, -0.15) is 0 Å². The summed E-state index contributed by atoms with van der Waals surface area (Å²) in [5.41, 5.74) is 1.15. The number of carbonyl (C=O) groups excluding carboxylic acids is 3. The number of benzene rings is 3. The number of carbonyl (C=O) groups is 3. The topological polar surface area (TPSA) is 102 Å². The number of methoxy groups -OCH3 is 1. The van der Waals surface area contributed by atoms with Crippen molar-refractivity contribution in [1.29, 1.82) is 0 Å². The quantitative estimate of drug-likeness (QED) is 0.174. The van der Waals surface area contributed by atoms with Crippen LogP contribution in [0.4, 0.5) is 5.69 Å². The molecule has 8 nitrogen and oxygen atoms in total. The lowest BCUT2D eigenvalue weighted by Gasteiger charge is -2.26. The zero-order valence-electron chi connectivity index (χ0n) is 21.1. The molecule has 1 fully saturated rings. The minimum atomic E-state index is -1.02. The van der Waals surface area contributed by atoms with Crippen LogP contribution in [0.1, 0.15) is 41.4 Å². The van der Waals surface area contributed by atoms with Gasteiger partial charge in [0.15, 0.2) is 0 Å². The number of rotatable bonds is 8. The van der Waals surface area contributed by atoms with Gasteiger partial charge < -0.3 is 19.3 Å². The van der Waals surface area contributed by atoms with Crippen molar-refractivity contribution in [3.05, 3.63) is 94.0 Å². The summed E-state index contributed by atoms with van der Waals surface area (Å²) >= 11 is 6.21. The number of Topliss-reactive ketones (excluding diaryl/α,β-unsaturated/α-hetero) is 1. The summed E-state index contributed by atoms with van der Waals surface area (Å²) in [7, 11) is 1.50. The monoisotopic (exact) mass is 535 g/mol. The summed E-state index contributed by atoms with van der Waals surface area (Å²) in [4.78, 5) is 40.5. The molecule has 196 valence electrons. The van der Waals surface area contributed by atoms with E-state index in [1.165, 1.54) is 30.2 Å². The molecule has 3 aromatic carbocycles. The third-order valence-corrected chi connectivity index (χ3v) is 6.31. The second-order valence-corrected chi connectivity index (χ2v) is 8.70. The van der Waals surface area contributed by atoms with Crippen molar-refractivity contribution in [2.75, 3.05) is 25.2 Å². The van der Waals surface area contributed by atoms with Gasteiger partial charge in [0.05, 0.1) is 42.5 Å². The molecule has 1 aliphatic rings. The Morgan fingerprint density at radius 3 is 2.45 bits per heavy atom. The Bertz CT molecular complexity index is 1430. The average molecular weight is 536 g/mol. The molecule has 1 N–H and O–H groups in total. The van der Waals surface area contributed by atoms with E-state index in [1.807, 2.05) is 0 Å². The van der Waals surface area contributed by atoms with Crippen molar-refractivity contribution in [2.45, 2.75) is 19.9 Å². The molecule has 9 heteroatoms. The van der Waals surface area contributed by atoms with E-state index in [2.05, 4.69) is 0 Å². The minimum Gasteiger partial charge on any atom is -0.507 e. The van der Waals surface area contributed by atoms with E-state index in [4.69, 9.17) is 25.8 Å². The largest absolute Gasteiger partial charge is 0.507 e. The zero-order chi connectivity index (χ0) is 27.4. The summed E-state index contributed by atoms with van der Waals surface area (Å²) in [6, 6.07) is 16.7. The predicted molar refractivity (Wildman–Crippen MR) is 143 cm³/mol. The van der Waals surface area contributed by atoms with Gasteiger partial charge in [0, 0.05) is 11.3 Å². The minimum absolute atomic E-state index is 0.130. The fourth-order valence-electron chi connectivity index (χ4n) is 4.30. The van der Waals surface area contributed by atoms with Crippen LogP contribution in [-0.2, 0) is 14.3 Å². The first kappa shape index (κ1) is 26.8. The molecule has 1 atom stereocenters. The molecule has 0 bridgehead atoms. The van der Waals surface area contributed by atoms with Crippen molar-refractivity contribution in [2.24, 2.45) is 0 Å². The predicted octanol–water partition coefficient (Wildman–Crippen LogP) is 5.55. The molecule has 1 unspecified atom stereocenters. The summed E-state index contributed by atoms with van der Waals surface area (Å²) in [5.74, 6) is -1.87. The SMILES string of the molecule is CCOC(=O)c1cccc(N2C(=O)C(=O)/C(=C(/O)c3ccc(Cl)c(OCC)c3)C2c2cccc(OC)c2)c1. The smallest absolute Gasteiger partial charge is 0.338 e. The second kappa shape index (κ2) is 11.4. The number of aliphatic hydroxyl groups is 1. The molecule has 0 aromatic heterocycles. The molecule has 1 aliphatic heterocycles. The highest BCUT2D eigenvalue weighted by Crippen LogP contribution is 2.43. The Morgan fingerprint density at radius 2 is 1.74 bits per heavy atom. The van der Waals surface area contributed by atoms with Crippen LogP contribution in [-0.4, -0.2) is 43.1 Å². The van der Waals surface area contributed by atoms with Crippen LogP contribution in [0, 0.1) is 0 Å². The highest BCUT2D eigenvalue weighted by molar-refractivity contribution is 6.51. The summed E-state index contributed by atoms with van der Waals surface area (Å²) in [6.07, 6.45) is 0. The van der Waals surface area contributed by atoms with Gasteiger partial charge in [-0.05, 0) is 67.9 Å². The van der Waals surface area contributed by atoms with Crippen molar-refractivity contribution >= 4 is 40.7 Å². The van der Waals surface area contributed by atoms with Gasteiger partial charge >= 0.3 is 5.97 Å². The van der Waals surface area contributed by atoms with Gasteiger partial charge in [0.2, 0.25) is 0 Å². The Hall–Kier alpha value is -4.30. The molecule has 38 heavy (non-hydrogen) atoms. The molecule has 1 saturated heterocycles. The van der Waals surface area contributed by atoms with E-state index >= 15 is 0 Å². The maximum absolute atomic E-state index is 13.5. The van der Waals surface area contributed by atoms with Gasteiger partial charge in [-0.25, -0.2) is 4.79 Å². The Morgan fingerprint density at radius 1 is 0.974 bits per heavy atom. The molecule has 0 spiro atoms. The van der Waals surface area contributed by atoms with Crippen LogP contribution in [0.25, 0.3) is 5.76 Å². The van der Waals surface area contributed by atoms with E-state index in [-0.39, 0.29) is 29.0 Å². The summed E-state index contributed by atoms with van der Waals surface area (Å²) < 4.78 is 16.0. The van der Waals surface area contributed by atoms with E-state index in [0.29, 0.717) is 28.7 Å². The number of anilines is 1. The van der Waals surface area contributed by atoms with Crippen molar-refractivity contribution in [3.8, 4) is 11.5 Å². The van der Waals surface area contributed by atoms with E-state index in [1.54, 1.807) is 62.4 Å². The van der Waals surface area contributed by atoms with Crippen LogP contribution in [0.5, 0.6) is 11.5 Å². The van der Waals surface area contributed by atoms with Gasteiger partial charge in [-0.3, -0.25) is 14.5 Å². The second-order valence-electron chi connectivity index (χ2n) is 8.29. The first-order valence-electron chi connectivity index (χ1n) is 12.0. The zero-order valence-corrected chi connectivity index (χ0v) is 21.8. The lowest BCUT2D eigenvalue weighted by atomic mass is 9.94. The first-order valence-corrected chi connectivity index (χ1v) is 12.3. The number of halogens is 1. The number of ether oxygens (including phenoxy) is 3. The third-order valence-electron chi connectivity index (χ3n) is 5.99. The van der Waals surface area contributed by atoms with Gasteiger partial charge in [-0.15, -0.1) is 0 Å². The lowest BCUT2D eigenvalue weighted by molar-refractivity contribution is -0.132. The van der Waals surface area contributed by atoms with Crippen molar-refractivity contribution in [1.82, 2.24) is 0 Å². The van der Waals surface area contributed by atoms with Crippen LogP contribution < -0.4 is 14.4 Å². The maximum atomic E-state index is 13.5. The number of esters is 1. The molecule has 0 saturated carbocycles. The number of ketones is 1. The Balaban J connectivity index is 1.93. The highest BCUT2D eigenvalue weighted by atomic mass is 35.5. The fourth-order valence-corrected chi connectivity index (χ4v) is 4.47. The van der Waals surface area contributed by atoms with E-state index in [9.17, 15) is 19.5 Å². The summed E-state index contributed by atoms with van der Waals surface area (Å²) in [5, 5.41) is 11.7. The third kappa shape index (κ3) is 5.08. The van der Waals surface area contributed by atoms with Gasteiger partial charge in [-0.1, -0.05) is 29.8 Å². The van der Waals surface area contributed by atoms with Crippen LogP contribution in [0.2, 0.25) is 5.02 Å². The number of aliphatic hydroxyl groups excluding tert-OH is 1. The van der Waals surface area contributed by atoms with E-state index in [0.717, 1.165) is 0 Å². The Kier molecular flexibility index (Phi) is 8.02. The number of amides is 1. The van der Waals surface area contributed by atoms with Crippen LogP contribution >= 0.6 is 11.6 Å². The summed E-state index contributed by atoms with van der Waals surface area (Å²) in [6.45, 7) is 4.01. The number of hydrogen-bond acceptors (Lipinski definition) is 7. The number of nitrogens with zero attached hydrogens (tertiary/aromatic N) is 1. The average Bonchev–Trinajstić information content (AvgIpc) is 3.20. The van der Waals surface area contributed by atoms with E-state index < -0.39 is 29.5 Å². The molecule has 3 aromatic rings. The van der Waals surface area contributed by atoms with Crippen molar-refractivity contribution < 1.29 is 33.7 Å². The molecule has 0 aliphatic carbocycles.